The topological polar surface area (TPSA) is 79.3 Å². The van der Waals surface area contributed by atoms with E-state index in [1.165, 1.54) is 18.3 Å². The Morgan fingerprint density at radius 2 is 1.48 bits per heavy atom. The number of alkyl halides is 3. The molecule has 1 aromatic heterocycles. The van der Waals surface area contributed by atoms with E-state index in [0.717, 1.165) is 28.9 Å². The van der Waals surface area contributed by atoms with Gasteiger partial charge in [-0.25, -0.2) is 0 Å². The molecule has 0 aliphatic heterocycles. The lowest BCUT2D eigenvalue weighted by Gasteiger charge is -2.17. The second kappa shape index (κ2) is 12.5. The normalized spacial score (nSPS) is 11.3. The molecule has 0 radical (unpaired) electrons. The van der Waals surface area contributed by atoms with Crippen molar-refractivity contribution in [3.8, 4) is 22.3 Å². The summed E-state index contributed by atoms with van der Waals surface area (Å²) in [5.41, 5.74) is 2.90. The molecule has 0 atom stereocenters. The minimum Gasteiger partial charge on any atom is -0.481 e. The first kappa shape index (κ1) is 29.1. The van der Waals surface area contributed by atoms with Gasteiger partial charge in [0.1, 0.15) is 5.69 Å². The van der Waals surface area contributed by atoms with Gasteiger partial charge in [-0.3, -0.25) is 14.6 Å². The number of rotatable bonds is 10. The first-order valence-electron chi connectivity index (χ1n) is 12.2. The van der Waals surface area contributed by atoms with Gasteiger partial charge in [-0.1, -0.05) is 53.5 Å². The predicted molar refractivity (Wildman–Crippen MR) is 150 cm³/mol. The zero-order chi connectivity index (χ0) is 28.9. The van der Waals surface area contributed by atoms with Crippen LogP contribution in [0.2, 0.25) is 10.0 Å². The standard InChI is InChI=1S/C30H23Cl2F3N2O3/c31-22-9-4-18(5-10-22)19-6-11-23(12-7-19)36-17-25-24(14-21(15-26(25)32)30(33,34)35)20-8-13-27(37-16-20)28(38)2-1-3-29(39)40/h4-16,36H,1-3,17H2,(H,39,40). The van der Waals surface area contributed by atoms with Crippen molar-refractivity contribution in [3.63, 3.8) is 0 Å². The number of ketones is 1. The Labute approximate surface area is 238 Å². The lowest BCUT2D eigenvalue weighted by Crippen LogP contribution is -2.09. The molecule has 4 aromatic rings. The summed E-state index contributed by atoms with van der Waals surface area (Å²) in [6, 6.07) is 19.8. The average Bonchev–Trinajstić information content (AvgIpc) is 2.92. The quantitative estimate of drug-likeness (QED) is 0.181. The molecular formula is C30H23Cl2F3N2O3. The first-order chi connectivity index (χ1) is 19.0. The molecule has 3 aromatic carbocycles. The average molecular weight is 587 g/mol. The minimum atomic E-state index is -4.62. The van der Waals surface area contributed by atoms with E-state index < -0.39 is 17.7 Å². The number of aliphatic carboxylic acids is 1. The van der Waals surface area contributed by atoms with Gasteiger partial charge in [-0.2, -0.15) is 13.2 Å². The number of nitrogens with zero attached hydrogens (tertiary/aromatic N) is 1. The third kappa shape index (κ3) is 7.40. The van der Waals surface area contributed by atoms with Crippen LogP contribution in [0.25, 0.3) is 22.3 Å². The zero-order valence-electron chi connectivity index (χ0n) is 20.9. The summed E-state index contributed by atoms with van der Waals surface area (Å²) in [6.45, 7) is 0.127. The van der Waals surface area contributed by atoms with Gasteiger partial charge in [0.25, 0.3) is 0 Å². The fourth-order valence-electron chi connectivity index (χ4n) is 4.10. The van der Waals surface area contributed by atoms with Gasteiger partial charge in [0.2, 0.25) is 0 Å². The third-order valence-electron chi connectivity index (χ3n) is 6.21. The van der Waals surface area contributed by atoms with Gasteiger partial charge in [0.05, 0.1) is 5.56 Å². The Morgan fingerprint density at radius 1 is 0.850 bits per heavy atom. The summed E-state index contributed by atoms with van der Waals surface area (Å²) in [5.74, 6) is -1.35. The molecule has 1 heterocycles. The number of carboxylic acid groups (broad SMARTS) is 1. The van der Waals surface area contributed by atoms with Crippen molar-refractivity contribution < 1.29 is 27.9 Å². The van der Waals surface area contributed by atoms with Crippen LogP contribution in [0.4, 0.5) is 18.9 Å². The number of anilines is 1. The smallest absolute Gasteiger partial charge is 0.416 e. The number of carbonyl (C=O) groups is 2. The molecule has 0 aliphatic rings. The molecule has 5 nitrogen and oxygen atoms in total. The highest BCUT2D eigenvalue weighted by Gasteiger charge is 2.32. The number of carbonyl (C=O) groups excluding carboxylic acids is 1. The van der Waals surface area contributed by atoms with E-state index in [0.29, 0.717) is 16.1 Å². The summed E-state index contributed by atoms with van der Waals surface area (Å²) in [5, 5.41) is 12.5. The van der Waals surface area contributed by atoms with E-state index >= 15 is 0 Å². The molecule has 206 valence electrons. The molecule has 0 amide bonds. The van der Waals surface area contributed by atoms with Crippen LogP contribution in [0.5, 0.6) is 0 Å². The predicted octanol–water partition coefficient (Wildman–Crippen LogP) is 8.79. The summed E-state index contributed by atoms with van der Waals surface area (Å²) in [6.07, 6.45) is -3.28. The molecule has 0 aliphatic carbocycles. The van der Waals surface area contributed by atoms with Gasteiger partial charge in [-0.05, 0) is 71.1 Å². The van der Waals surface area contributed by atoms with Crippen LogP contribution in [0.3, 0.4) is 0 Å². The summed E-state index contributed by atoms with van der Waals surface area (Å²) in [4.78, 5) is 27.1. The molecule has 10 heteroatoms. The van der Waals surface area contributed by atoms with Crippen molar-refractivity contribution in [2.75, 3.05) is 5.32 Å². The number of halogens is 5. The number of Topliss-reactive ketones (excluding diaryl/α,β-unsaturated/α-hetero) is 1. The monoisotopic (exact) mass is 586 g/mol. The van der Waals surface area contributed by atoms with Crippen LogP contribution in [-0.4, -0.2) is 21.8 Å². The third-order valence-corrected chi connectivity index (χ3v) is 6.80. The Kier molecular flexibility index (Phi) is 9.12. The van der Waals surface area contributed by atoms with Gasteiger partial charge < -0.3 is 10.4 Å². The van der Waals surface area contributed by atoms with E-state index in [9.17, 15) is 22.8 Å². The second-order valence-electron chi connectivity index (χ2n) is 9.02. The Bertz CT molecular complexity index is 1510. The highest BCUT2D eigenvalue weighted by Crippen LogP contribution is 2.38. The van der Waals surface area contributed by atoms with Crippen LogP contribution in [0.1, 0.15) is 40.9 Å². The number of hydrogen-bond acceptors (Lipinski definition) is 4. The lowest BCUT2D eigenvalue weighted by atomic mass is 9.97. The summed E-state index contributed by atoms with van der Waals surface area (Å²) >= 11 is 12.3. The second-order valence-corrected chi connectivity index (χ2v) is 9.87. The Hall–Kier alpha value is -3.88. The zero-order valence-corrected chi connectivity index (χ0v) is 22.4. The van der Waals surface area contributed by atoms with E-state index in [2.05, 4.69) is 10.3 Å². The fraction of sp³-hybridized carbons (Fsp3) is 0.167. The molecule has 0 unspecified atom stereocenters. The minimum absolute atomic E-state index is 0.0000121. The molecular weight excluding hydrogens is 564 g/mol. The largest absolute Gasteiger partial charge is 0.481 e. The van der Waals surface area contributed by atoms with Crippen molar-refractivity contribution in [3.05, 3.63) is 106 Å². The van der Waals surface area contributed by atoms with Gasteiger partial charge in [-0.15, -0.1) is 0 Å². The number of pyridine rings is 1. The molecule has 40 heavy (non-hydrogen) atoms. The van der Waals surface area contributed by atoms with Crippen molar-refractivity contribution in [1.29, 1.82) is 0 Å². The van der Waals surface area contributed by atoms with E-state index in [1.54, 1.807) is 12.1 Å². The fourth-order valence-corrected chi connectivity index (χ4v) is 4.51. The molecule has 2 N–H and O–H groups in total. The maximum absolute atomic E-state index is 13.6. The Balaban J connectivity index is 1.57. The van der Waals surface area contributed by atoms with Crippen LogP contribution in [0, 0.1) is 0 Å². The molecule has 0 spiro atoms. The van der Waals surface area contributed by atoms with Crippen LogP contribution in [0.15, 0.2) is 79.0 Å². The highest BCUT2D eigenvalue weighted by molar-refractivity contribution is 6.32. The van der Waals surface area contributed by atoms with Crippen molar-refractivity contribution >= 4 is 40.6 Å². The lowest BCUT2D eigenvalue weighted by molar-refractivity contribution is -0.138. The van der Waals surface area contributed by atoms with Crippen LogP contribution in [-0.2, 0) is 17.5 Å². The molecule has 0 fully saturated rings. The molecule has 0 saturated heterocycles. The SMILES string of the molecule is O=C(O)CCCC(=O)c1ccc(-c2cc(C(F)(F)F)cc(Cl)c2CNc2ccc(-c3ccc(Cl)cc3)cc2)cn1. The van der Waals surface area contributed by atoms with Gasteiger partial charge in [0.15, 0.2) is 5.78 Å². The maximum atomic E-state index is 13.6. The van der Waals surface area contributed by atoms with Crippen LogP contribution < -0.4 is 5.32 Å². The summed E-state index contributed by atoms with van der Waals surface area (Å²) in [7, 11) is 0. The first-order valence-corrected chi connectivity index (χ1v) is 13.0. The van der Waals surface area contributed by atoms with Gasteiger partial charge >= 0.3 is 12.1 Å². The van der Waals surface area contributed by atoms with Crippen molar-refractivity contribution in [1.82, 2.24) is 4.98 Å². The van der Waals surface area contributed by atoms with Gasteiger partial charge in [0, 0.05) is 46.9 Å². The number of benzene rings is 3. The van der Waals surface area contributed by atoms with E-state index in [-0.39, 0.29) is 47.9 Å². The Morgan fingerprint density at radius 3 is 2.05 bits per heavy atom. The number of carboxylic acids is 1. The molecule has 0 saturated carbocycles. The van der Waals surface area contributed by atoms with Crippen molar-refractivity contribution in [2.24, 2.45) is 0 Å². The maximum Gasteiger partial charge on any atom is 0.416 e. The molecule has 4 rings (SSSR count). The highest BCUT2D eigenvalue weighted by atomic mass is 35.5. The van der Waals surface area contributed by atoms with E-state index in [1.807, 2.05) is 36.4 Å². The molecule has 0 bridgehead atoms. The number of aromatic nitrogens is 1. The van der Waals surface area contributed by atoms with Crippen LogP contribution >= 0.6 is 23.2 Å². The number of hydrogen-bond donors (Lipinski definition) is 2. The summed E-state index contributed by atoms with van der Waals surface area (Å²) < 4.78 is 40.8. The van der Waals surface area contributed by atoms with Crippen molar-refractivity contribution in [2.45, 2.75) is 32.0 Å². The van der Waals surface area contributed by atoms with E-state index in [4.69, 9.17) is 28.3 Å². The number of nitrogens with one attached hydrogen (secondary N) is 1.